The van der Waals surface area contributed by atoms with Gasteiger partial charge in [-0.2, -0.15) is 0 Å². The number of methoxy groups -OCH3 is 1. The zero-order chi connectivity index (χ0) is 16.5. The summed E-state index contributed by atoms with van der Waals surface area (Å²) in [7, 11) is 1.71. The van der Waals surface area contributed by atoms with Gasteiger partial charge in [0.15, 0.2) is 0 Å². The van der Waals surface area contributed by atoms with Gasteiger partial charge in [0.25, 0.3) is 0 Å². The molecule has 0 aliphatic carbocycles. The van der Waals surface area contributed by atoms with E-state index in [1.807, 2.05) is 20.8 Å². The van der Waals surface area contributed by atoms with E-state index in [4.69, 9.17) is 9.47 Å². The summed E-state index contributed by atoms with van der Waals surface area (Å²) in [4.78, 5) is 11.7. The zero-order valence-corrected chi connectivity index (χ0v) is 14.8. The monoisotopic (exact) mass is 302 g/mol. The molecule has 5 nitrogen and oxygen atoms in total. The number of nitrogens with one attached hydrogen (secondary N) is 2. The predicted molar refractivity (Wildman–Crippen MR) is 86.6 cm³/mol. The quantitative estimate of drug-likeness (QED) is 0.687. The topological polar surface area (TPSA) is 59.6 Å². The van der Waals surface area contributed by atoms with Crippen molar-refractivity contribution in [2.24, 2.45) is 5.92 Å². The van der Waals surface area contributed by atoms with Crippen molar-refractivity contribution in [1.82, 2.24) is 10.6 Å². The van der Waals surface area contributed by atoms with Gasteiger partial charge >= 0.3 is 6.09 Å². The fraction of sp³-hybridized carbons (Fsp3) is 0.938. The number of ether oxygens (including phenoxy) is 2. The molecule has 0 saturated heterocycles. The molecule has 0 aromatic carbocycles. The highest BCUT2D eigenvalue weighted by atomic mass is 16.6. The molecule has 0 aromatic heterocycles. The summed E-state index contributed by atoms with van der Waals surface area (Å²) in [5.41, 5.74) is -0.461. The van der Waals surface area contributed by atoms with Crippen molar-refractivity contribution in [2.75, 3.05) is 20.3 Å². The molecule has 2 unspecified atom stereocenters. The van der Waals surface area contributed by atoms with E-state index in [-0.39, 0.29) is 12.1 Å². The van der Waals surface area contributed by atoms with E-state index < -0.39 is 5.60 Å². The lowest BCUT2D eigenvalue weighted by molar-refractivity contribution is 0.0519. The van der Waals surface area contributed by atoms with E-state index in [1.165, 1.54) is 0 Å². The standard InChI is InChI=1S/C16H34N2O3/c1-12(2)10-14(18-13(3)8-9-20-7)11-17-15(19)21-16(4,5)6/h12-14,18H,8-11H2,1-7H3,(H,17,19). The van der Waals surface area contributed by atoms with Crippen LogP contribution in [0.3, 0.4) is 0 Å². The third-order valence-electron chi connectivity index (χ3n) is 2.92. The molecule has 0 saturated carbocycles. The summed E-state index contributed by atoms with van der Waals surface area (Å²) in [6.45, 7) is 13.4. The van der Waals surface area contributed by atoms with Crippen LogP contribution >= 0.6 is 0 Å². The molecular formula is C16H34N2O3. The first-order valence-corrected chi connectivity index (χ1v) is 7.86. The zero-order valence-electron chi connectivity index (χ0n) is 14.8. The van der Waals surface area contributed by atoms with Gasteiger partial charge in [-0.3, -0.25) is 0 Å². The van der Waals surface area contributed by atoms with Crippen LogP contribution in [0, 0.1) is 5.92 Å². The molecule has 0 rings (SSSR count). The fourth-order valence-corrected chi connectivity index (χ4v) is 2.08. The first kappa shape index (κ1) is 20.2. The van der Waals surface area contributed by atoms with Gasteiger partial charge in [0.05, 0.1) is 0 Å². The number of hydrogen-bond donors (Lipinski definition) is 2. The highest BCUT2D eigenvalue weighted by Gasteiger charge is 2.19. The van der Waals surface area contributed by atoms with Gasteiger partial charge in [0.1, 0.15) is 5.60 Å². The average Bonchev–Trinajstić information content (AvgIpc) is 2.30. The van der Waals surface area contributed by atoms with Crippen LogP contribution in [-0.4, -0.2) is 44.0 Å². The minimum absolute atomic E-state index is 0.240. The Morgan fingerprint density at radius 3 is 2.29 bits per heavy atom. The highest BCUT2D eigenvalue weighted by molar-refractivity contribution is 5.67. The van der Waals surface area contributed by atoms with Gasteiger partial charge in [0.2, 0.25) is 0 Å². The van der Waals surface area contributed by atoms with Gasteiger partial charge in [-0.05, 0) is 46.5 Å². The normalized spacial score (nSPS) is 14.9. The molecule has 1 amide bonds. The molecular weight excluding hydrogens is 268 g/mol. The number of carbonyl (C=O) groups is 1. The van der Waals surface area contributed by atoms with E-state index in [9.17, 15) is 4.79 Å². The molecule has 0 aliphatic heterocycles. The first-order chi connectivity index (χ1) is 9.64. The smallest absolute Gasteiger partial charge is 0.407 e. The number of amides is 1. The summed E-state index contributed by atoms with van der Waals surface area (Å²) in [6.07, 6.45) is 1.60. The van der Waals surface area contributed by atoms with Gasteiger partial charge in [-0.1, -0.05) is 13.8 Å². The molecule has 0 bridgehead atoms. The number of rotatable bonds is 9. The van der Waals surface area contributed by atoms with Crippen LogP contribution in [0.15, 0.2) is 0 Å². The Morgan fingerprint density at radius 1 is 1.19 bits per heavy atom. The van der Waals surface area contributed by atoms with E-state index in [1.54, 1.807) is 7.11 Å². The van der Waals surface area contributed by atoms with Gasteiger partial charge in [0, 0.05) is 32.3 Å². The lowest BCUT2D eigenvalue weighted by Gasteiger charge is -2.26. The average molecular weight is 302 g/mol. The molecule has 5 heteroatoms. The molecule has 0 fully saturated rings. The lowest BCUT2D eigenvalue weighted by Crippen LogP contribution is -2.46. The minimum atomic E-state index is -0.461. The summed E-state index contributed by atoms with van der Waals surface area (Å²) < 4.78 is 10.4. The Balaban J connectivity index is 4.26. The number of carbonyl (C=O) groups excluding carboxylic acids is 1. The van der Waals surface area contributed by atoms with Crippen LogP contribution in [0.2, 0.25) is 0 Å². The third-order valence-corrected chi connectivity index (χ3v) is 2.92. The van der Waals surface area contributed by atoms with Crippen LogP contribution in [-0.2, 0) is 9.47 Å². The van der Waals surface area contributed by atoms with Crippen LogP contribution in [0.5, 0.6) is 0 Å². The van der Waals surface area contributed by atoms with E-state index >= 15 is 0 Å². The maximum atomic E-state index is 11.7. The van der Waals surface area contributed by atoms with E-state index in [0.717, 1.165) is 19.4 Å². The molecule has 0 spiro atoms. The third kappa shape index (κ3) is 12.6. The van der Waals surface area contributed by atoms with Crippen molar-refractivity contribution >= 4 is 6.09 Å². The van der Waals surface area contributed by atoms with Crippen molar-refractivity contribution in [3.05, 3.63) is 0 Å². The molecule has 0 heterocycles. The molecule has 2 N–H and O–H groups in total. The SMILES string of the molecule is COCCC(C)NC(CNC(=O)OC(C)(C)C)CC(C)C. The lowest BCUT2D eigenvalue weighted by atomic mass is 10.0. The highest BCUT2D eigenvalue weighted by Crippen LogP contribution is 2.08. The Hall–Kier alpha value is -0.810. The molecule has 21 heavy (non-hydrogen) atoms. The first-order valence-electron chi connectivity index (χ1n) is 7.86. The van der Waals surface area contributed by atoms with E-state index in [2.05, 4.69) is 31.4 Å². The van der Waals surface area contributed by atoms with Crippen molar-refractivity contribution in [3.8, 4) is 0 Å². The van der Waals surface area contributed by atoms with Crippen molar-refractivity contribution in [3.63, 3.8) is 0 Å². The van der Waals surface area contributed by atoms with Gasteiger partial charge < -0.3 is 20.1 Å². The Bertz CT molecular complexity index is 288. The van der Waals surface area contributed by atoms with Crippen LogP contribution in [0.1, 0.15) is 54.4 Å². The maximum Gasteiger partial charge on any atom is 0.407 e. The van der Waals surface area contributed by atoms with Crippen LogP contribution in [0.4, 0.5) is 4.79 Å². The van der Waals surface area contributed by atoms with Crippen molar-refractivity contribution in [2.45, 2.75) is 72.1 Å². The molecule has 0 aliphatic rings. The van der Waals surface area contributed by atoms with Crippen molar-refractivity contribution < 1.29 is 14.3 Å². The second-order valence-electron chi connectivity index (χ2n) is 7.06. The largest absolute Gasteiger partial charge is 0.444 e. The molecule has 2 atom stereocenters. The van der Waals surface area contributed by atoms with Crippen LogP contribution < -0.4 is 10.6 Å². The predicted octanol–water partition coefficient (Wildman–Crippen LogP) is 2.94. The van der Waals surface area contributed by atoms with Gasteiger partial charge in [-0.15, -0.1) is 0 Å². The summed E-state index contributed by atoms with van der Waals surface area (Å²) in [5.74, 6) is 0.567. The summed E-state index contributed by atoms with van der Waals surface area (Å²) in [6, 6.07) is 0.596. The molecule has 0 radical (unpaired) electrons. The Labute approximate surface area is 130 Å². The molecule has 0 aromatic rings. The van der Waals surface area contributed by atoms with Crippen molar-refractivity contribution in [1.29, 1.82) is 0 Å². The van der Waals surface area contributed by atoms with Crippen LogP contribution in [0.25, 0.3) is 0 Å². The Kier molecular flexibility index (Phi) is 9.62. The Morgan fingerprint density at radius 2 is 1.81 bits per heavy atom. The second-order valence-corrected chi connectivity index (χ2v) is 7.06. The van der Waals surface area contributed by atoms with Gasteiger partial charge in [-0.25, -0.2) is 4.79 Å². The summed E-state index contributed by atoms with van der Waals surface area (Å²) in [5, 5.41) is 6.40. The minimum Gasteiger partial charge on any atom is -0.444 e. The maximum absolute atomic E-state index is 11.7. The number of hydrogen-bond acceptors (Lipinski definition) is 4. The summed E-state index contributed by atoms with van der Waals surface area (Å²) >= 11 is 0. The second kappa shape index (κ2) is 10.0. The fourth-order valence-electron chi connectivity index (χ4n) is 2.08. The van der Waals surface area contributed by atoms with E-state index in [0.29, 0.717) is 18.5 Å². The molecule has 126 valence electrons. The number of alkyl carbamates (subject to hydrolysis) is 1.